The molecule has 4 aromatic rings. The van der Waals surface area contributed by atoms with E-state index in [1.807, 2.05) is 13.8 Å². The van der Waals surface area contributed by atoms with Crippen molar-refractivity contribution < 1.29 is 29.2 Å². The Kier molecular flexibility index (Phi) is 9.98. The van der Waals surface area contributed by atoms with Gasteiger partial charge < -0.3 is 24.4 Å². The average Bonchev–Trinajstić information content (AvgIpc) is 2.98. The molecule has 4 rings (SSSR count). The highest BCUT2D eigenvalue weighted by Gasteiger charge is 2.15. The predicted octanol–water partition coefficient (Wildman–Crippen LogP) is 8.10. The summed E-state index contributed by atoms with van der Waals surface area (Å²) in [5.41, 5.74) is 4.17. The standard InChI is InChI=1S/C32H30N4O6/c1-4-32(39)42-29(19-40-27-11-5-23(6-12-27)33-35-30-15-9-25(37)17-21(30)2)20-41-28-13-7-24(8-14-28)34-36-31-16-10-26(38)18-22(31)3/h4-18,29,37-38H,1,19-20H2,2-3H3. The number of rotatable bonds is 12. The van der Waals surface area contributed by atoms with E-state index < -0.39 is 12.1 Å². The SMILES string of the molecule is C=CC(=O)OC(COc1ccc(N=Nc2ccc(O)cc2C)cc1)COc1ccc(N=Nc2ccc(O)cc2C)cc1. The van der Waals surface area contributed by atoms with E-state index in [1.165, 1.54) is 0 Å². The number of nitrogens with zero attached hydrogens (tertiary/aromatic N) is 4. The number of aryl methyl sites for hydroxylation is 2. The van der Waals surface area contributed by atoms with E-state index in [9.17, 15) is 15.0 Å². The summed E-state index contributed by atoms with van der Waals surface area (Å²) in [6, 6.07) is 23.7. The zero-order valence-electron chi connectivity index (χ0n) is 23.2. The molecule has 0 atom stereocenters. The lowest BCUT2D eigenvalue weighted by atomic mass is 10.2. The Hall–Kier alpha value is -5.51. The van der Waals surface area contributed by atoms with E-state index in [4.69, 9.17) is 14.2 Å². The van der Waals surface area contributed by atoms with Crippen LogP contribution < -0.4 is 9.47 Å². The molecule has 0 aliphatic rings. The van der Waals surface area contributed by atoms with Gasteiger partial charge >= 0.3 is 5.97 Å². The molecule has 42 heavy (non-hydrogen) atoms. The average molecular weight is 567 g/mol. The van der Waals surface area contributed by atoms with Crippen molar-refractivity contribution in [1.29, 1.82) is 0 Å². The number of phenols is 2. The van der Waals surface area contributed by atoms with Crippen molar-refractivity contribution in [3.8, 4) is 23.0 Å². The summed E-state index contributed by atoms with van der Waals surface area (Å²) in [5, 5.41) is 36.0. The van der Waals surface area contributed by atoms with Crippen molar-refractivity contribution in [1.82, 2.24) is 0 Å². The maximum atomic E-state index is 11.9. The third-order valence-electron chi connectivity index (χ3n) is 5.90. The molecule has 4 aromatic carbocycles. The Morgan fingerprint density at radius 3 is 1.52 bits per heavy atom. The zero-order valence-corrected chi connectivity index (χ0v) is 23.2. The van der Waals surface area contributed by atoms with E-state index >= 15 is 0 Å². The molecule has 0 heterocycles. The van der Waals surface area contributed by atoms with Crippen LogP contribution in [-0.2, 0) is 9.53 Å². The number of hydrogen-bond acceptors (Lipinski definition) is 10. The molecule has 2 N–H and O–H groups in total. The van der Waals surface area contributed by atoms with Gasteiger partial charge in [-0.3, -0.25) is 0 Å². The minimum absolute atomic E-state index is 0.0470. The molecule has 10 nitrogen and oxygen atoms in total. The number of azo groups is 2. The van der Waals surface area contributed by atoms with E-state index in [2.05, 4.69) is 27.0 Å². The molecular formula is C32H30N4O6. The fourth-order valence-corrected chi connectivity index (χ4v) is 3.65. The largest absolute Gasteiger partial charge is 0.508 e. The van der Waals surface area contributed by atoms with E-state index in [-0.39, 0.29) is 24.7 Å². The molecule has 0 bridgehead atoms. The first-order valence-electron chi connectivity index (χ1n) is 13.0. The molecule has 10 heteroatoms. The molecule has 0 saturated heterocycles. The number of hydrogen-bond donors (Lipinski definition) is 2. The number of benzene rings is 4. The predicted molar refractivity (Wildman–Crippen MR) is 158 cm³/mol. The fourth-order valence-electron chi connectivity index (χ4n) is 3.65. The number of carbonyl (C=O) groups excluding carboxylic acids is 1. The van der Waals surface area contributed by atoms with E-state index in [0.29, 0.717) is 34.2 Å². The molecule has 0 aromatic heterocycles. The second kappa shape index (κ2) is 14.2. The number of ether oxygens (including phenoxy) is 3. The topological polar surface area (TPSA) is 135 Å². The highest BCUT2D eigenvalue weighted by molar-refractivity contribution is 5.81. The van der Waals surface area contributed by atoms with Gasteiger partial charge in [-0.25, -0.2) is 4.79 Å². The number of carbonyl (C=O) groups is 1. The molecule has 0 amide bonds. The van der Waals surface area contributed by atoms with Gasteiger partial charge in [0.2, 0.25) is 0 Å². The monoisotopic (exact) mass is 566 g/mol. The van der Waals surface area contributed by atoms with Gasteiger partial charge in [0.15, 0.2) is 6.10 Å². The Labute approximate surface area is 243 Å². The molecule has 0 aliphatic carbocycles. The first kappa shape index (κ1) is 29.5. The van der Waals surface area contributed by atoms with Gasteiger partial charge in [0.25, 0.3) is 0 Å². The van der Waals surface area contributed by atoms with Crippen LogP contribution >= 0.6 is 0 Å². The van der Waals surface area contributed by atoms with Gasteiger partial charge in [0, 0.05) is 6.08 Å². The first-order valence-corrected chi connectivity index (χ1v) is 13.0. The van der Waals surface area contributed by atoms with Crippen LogP contribution in [0.1, 0.15) is 11.1 Å². The van der Waals surface area contributed by atoms with Crippen LogP contribution in [0, 0.1) is 13.8 Å². The highest BCUT2D eigenvalue weighted by Crippen LogP contribution is 2.27. The molecule has 0 unspecified atom stereocenters. The van der Waals surface area contributed by atoms with E-state index in [1.54, 1.807) is 84.9 Å². The van der Waals surface area contributed by atoms with Crippen LogP contribution in [0.5, 0.6) is 23.0 Å². The summed E-state index contributed by atoms with van der Waals surface area (Å²) in [5.74, 6) is 0.858. The van der Waals surface area contributed by atoms with Crippen LogP contribution in [0.25, 0.3) is 0 Å². The van der Waals surface area contributed by atoms with Crippen LogP contribution in [0.3, 0.4) is 0 Å². The smallest absolute Gasteiger partial charge is 0.330 e. The number of aromatic hydroxyl groups is 2. The van der Waals surface area contributed by atoms with Crippen LogP contribution in [-0.4, -0.2) is 35.5 Å². The van der Waals surface area contributed by atoms with Crippen molar-refractivity contribution in [2.24, 2.45) is 20.5 Å². The van der Waals surface area contributed by atoms with Gasteiger partial charge in [-0.2, -0.15) is 20.5 Å². The zero-order chi connectivity index (χ0) is 29.9. The lowest BCUT2D eigenvalue weighted by molar-refractivity contribution is -0.146. The van der Waals surface area contributed by atoms with Gasteiger partial charge in [-0.15, -0.1) is 0 Å². The second-order valence-electron chi connectivity index (χ2n) is 9.21. The van der Waals surface area contributed by atoms with Crippen molar-refractivity contribution in [2.75, 3.05) is 13.2 Å². The molecule has 0 spiro atoms. The Bertz CT molecular complexity index is 1480. The lowest BCUT2D eigenvalue weighted by Crippen LogP contribution is -2.30. The van der Waals surface area contributed by atoms with Crippen molar-refractivity contribution in [3.05, 3.63) is 109 Å². The first-order chi connectivity index (χ1) is 20.3. The van der Waals surface area contributed by atoms with Crippen molar-refractivity contribution >= 4 is 28.7 Å². The maximum Gasteiger partial charge on any atom is 0.330 e. The molecule has 0 saturated carbocycles. The molecule has 0 aliphatic heterocycles. The summed E-state index contributed by atoms with van der Waals surface area (Å²) in [6.07, 6.45) is 0.377. The van der Waals surface area contributed by atoms with Crippen LogP contribution in [0.2, 0.25) is 0 Å². The Balaban J connectivity index is 1.31. The van der Waals surface area contributed by atoms with Crippen molar-refractivity contribution in [3.63, 3.8) is 0 Å². The number of esters is 1. The maximum absolute atomic E-state index is 11.9. The number of phenolic OH excluding ortho intramolecular Hbond substituents is 2. The molecule has 0 fully saturated rings. The molecule has 214 valence electrons. The minimum atomic E-state index is -0.704. The van der Waals surface area contributed by atoms with Crippen LogP contribution in [0.15, 0.2) is 118 Å². The van der Waals surface area contributed by atoms with Crippen LogP contribution in [0.4, 0.5) is 22.7 Å². The van der Waals surface area contributed by atoms with Gasteiger partial charge in [0.05, 0.1) is 22.7 Å². The third-order valence-corrected chi connectivity index (χ3v) is 5.90. The quantitative estimate of drug-likeness (QED) is 0.101. The summed E-state index contributed by atoms with van der Waals surface area (Å²) >= 11 is 0. The highest BCUT2D eigenvalue weighted by atomic mass is 16.6. The summed E-state index contributed by atoms with van der Waals surface area (Å²) in [6.45, 7) is 7.22. The van der Waals surface area contributed by atoms with Gasteiger partial charge in [-0.05, 0) is 110 Å². The minimum Gasteiger partial charge on any atom is -0.508 e. The fraction of sp³-hybridized carbons (Fsp3) is 0.156. The summed E-state index contributed by atoms with van der Waals surface area (Å²) < 4.78 is 17.1. The Morgan fingerprint density at radius 2 is 1.14 bits per heavy atom. The third kappa shape index (κ3) is 8.75. The Morgan fingerprint density at radius 1 is 0.714 bits per heavy atom. The second-order valence-corrected chi connectivity index (χ2v) is 9.21. The lowest BCUT2D eigenvalue weighted by Gasteiger charge is -2.18. The van der Waals surface area contributed by atoms with Gasteiger partial charge in [-0.1, -0.05) is 6.58 Å². The normalized spacial score (nSPS) is 11.9. The van der Waals surface area contributed by atoms with Gasteiger partial charge in [0.1, 0.15) is 36.2 Å². The summed E-state index contributed by atoms with van der Waals surface area (Å²) in [7, 11) is 0. The molecular weight excluding hydrogens is 536 g/mol. The molecule has 0 radical (unpaired) electrons. The summed E-state index contributed by atoms with van der Waals surface area (Å²) in [4.78, 5) is 11.9. The van der Waals surface area contributed by atoms with Crippen molar-refractivity contribution in [2.45, 2.75) is 20.0 Å². The van der Waals surface area contributed by atoms with E-state index in [0.717, 1.165) is 17.2 Å².